The minimum Gasteiger partial charge on any atom is -0.434 e. The first-order chi connectivity index (χ1) is 9.13. The van der Waals surface area contributed by atoms with Crippen LogP contribution in [0, 0.1) is 6.92 Å². The predicted octanol–water partition coefficient (Wildman–Crippen LogP) is 2.72. The molecule has 0 amide bonds. The van der Waals surface area contributed by atoms with Crippen molar-refractivity contribution in [3.63, 3.8) is 0 Å². The summed E-state index contributed by atoms with van der Waals surface area (Å²) in [4.78, 5) is 19.9. The molecule has 19 heavy (non-hydrogen) atoms. The summed E-state index contributed by atoms with van der Waals surface area (Å²) in [5.74, 6) is -0.0219. The van der Waals surface area contributed by atoms with Crippen molar-refractivity contribution in [3.8, 4) is 0 Å². The van der Waals surface area contributed by atoms with Crippen LogP contribution in [-0.4, -0.2) is 15.9 Å². The van der Waals surface area contributed by atoms with Gasteiger partial charge in [-0.2, -0.15) is 0 Å². The van der Waals surface area contributed by atoms with Crippen LogP contribution in [0.15, 0.2) is 30.3 Å². The number of aryl methyl sites for hydroxylation is 1. The highest BCUT2D eigenvalue weighted by molar-refractivity contribution is 6.29. The van der Waals surface area contributed by atoms with Gasteiger partial charge in [-0.05, 0) is 19.1 Å². The summed E-state index contributed by atoms with van der Waals surface area (Å²) in [6.07, 6.45) is -0.582. The molecule has 0 radical (unpaired) electrons. The summed E-state index contributed by atoms with van der Waals surface area (Å²) in [5, 5.41) is 3.30. The van der Waals surface area contributed by atoms with Gasteiger partial charge >= 0.3 is 5.97 Å². The van der Waals surface area contributed by atoms with Crippen molar-refractivity contribution >= 4 is 23.5 Å². The first-order valence-electron chi connectivity index (χ1n) is 5.71. The zero-order chi connectivity index (χ0) is 13.4. The molecular weight excluding hydrogens is 266 g/mol. The van der Waals surface area contributed by atoms with E-state index in [9.17, 15) is 4.79 Å². The van der Waals surface area contributed by atoms with Gasteiger partial charge in [0.15, 0.2) is 0 Å². The Kier molecular flexibility index (Phi) is 2.83. The Balaban J connectivity index is 1.91. The van der Waals surface area contributed by atoms with E-state index in [0.29, 0.717) is 16.7 Å². The van der Waals surface area contributed by atoms with Gasteiger partial charge in [-0.15, -0.1) is 0 Å². The first kappa shape index (κ1) is 11.9. The van der Waals surface area contributed by atoms with Crippen LogP contribution in [0.5, 0.6) is 0 Å². The largest absolute Gasteiger partial charge is 0.434 e. The van der Waals surface area contributed by atoms with Crippen molar-refractivity contribution in [2.45, 2.75) is 13.2 Å². The SMILES string of the molecule is Cc1cc(Cl)nc(NC2OC(=O)c3ccccc32)n1. The molecular formula is C13H10ClN3O2. The molecule has 1 aliphatic rings. The van der Waals surface area contributed by atoms with E-state index in [4.69, 9.17) is 16.3 Å². The summed E-state index contributed by atoms with van der Waals surface area (Å²) >= 11 is 5.87. The molecule has 1 aliphatic heterocycles. The van der Waals surface area contributed by atoms with Crippen molar-refractivity contribution in [1.82, 2.24) is 9.97 Å². The van der Waals surface area contributed by atoms with Gasteiger partial charge in [0, 0.05) is 11.3 Å². The number of aromatic nitrogens is 2. The summed E-state index contributed by atoms with van der Waals surface area (Å²) < 4.78 is 5.24. The second-order valence-corrected chi connectivity index (χ2v) is 4.56. The highest BCUT2D eigenvalue weighted by Crippen LogP contribution is 2.30. The summed E-state index contributed by atoms with van der Waals surface area (Å²) in [6, 6.07) is 8.85. The van der Waals surface area contributed by atoms with Crippen molar-refractivity contribution < 1.29 is 9.53 Å². The molecule has 96 valence electrons. The van der Waals surface area contributed by atoms with Gasteiger partial charge in [-0.25, -0.2) is 14.8 Å². The zero-order valence-electron chi connectivity index (χ0n) is 10.1. The van der Waals surface area contributed by atoms with E-state index in [2.05, 4.69) is 15.3 Å². The molecule has 1 aromatic heterocycles. The number of fused-ring (bicyclic) bond motifs is 1. The smallest absolute Gasteiger partial charge is 0.340 e. The fourth-order valence-corrected chi connectivity index (χ4v) is 2.20. The van der Waals surface area contributed by atoms with Gasteiger partial charge in [0.25, 0.3) is 0 Å². The molecule has 0 fully saturated rings. The van der Waals surface area contributed by atoms with Gasteiger partial charge in [0.05, 0.1) is 5.56 Å². The molecule has 5 nitrogen and oxygen atoms in total. The zero-order valence-corrected chi connectivity index (χ0v) is 10.8. The third-order valence-electron chi connectivity index (χ3n) is 2.77. The molecule has 0 bridgehead atoms. The molecule has 1 atom stereocenters. The third-order valence-corrected chi connectivity index (χ3v) is 2.96. The first-order valence-corrected chi connectivity index (χ1v) is 6.09. The Morgan fingerprint density at radius 2 is 2.11 bits per heavy atom. The number of nitrogens with one attached hydrogen (secondary N) is 1. The van der Waals surface area contributed by atoms with E-state index in [-0.39, 0.29) is 5.97 Å². The van der Waals surface area contributed by atoms with Gasteiger partial charge in [0.2, 0.25) is 12.2 Å². The van der Waals surface area contributed by atoms with E-state index in [1.807, 2.05) is 19.1 Å². The minimum absolute atomic E-state index is 0.333. The Hall–Kier alpha value is -2.14. The lowest BCUT2D eigenvalue weighted by molar-refractivity contribution is 0.0436. The molecule has 1 N–H and O–H groups in total. The molecule has 0 saturated heterocycles. The van der Waals surface area contributed by atoms with Crippen molar-refractivity contribution in [1.29, 1.82) is 0 Å². The lowest BCUT2D eigenvalue weighted by atomic mass is 10.1. The van der Waals surface area contributed by atoms with Gasteiger partial charge in [-0.3, -0.25) is 0 Å². The number of hydrogen-bond acceptors (Lipinski definition) is 5. The van der Waals surface area contributed by atoms with Crippen LogP contribution in [-0.2, 0) is 4.74 Å². The number of carbonyl (C=O) groups is 1. The van der Waals surface area contributed by atoms with Crippen LogP contribution >= 0.6 is 11.6 Å². The van der Waals surface area contributed by atoms with Gasteiger partial charge < -0.3 is 10.1 Å². The second-order valence-electron chi connectivity index (χ2n) is 4.17. The van der Waals surface area contributed by atoms with Crippen molar-refractivity contribution in [2.75, 3.05) is 5.32 Å². The lowest BCUT2D eigenvalue weighted by Crippen LogP contribution is -2.13. The van der Waals surface area contributed by atoms with Crippen LogP contribution in [0.25, 0.3) is 0 Å². The summed E-state index contributed by atoms with van der Waals surface area (Å²) in [7, 11) is 0. The fourth-order valence-electron chi connectivity index (χ4n) is 1.96. The topological polar surface area (TPSA) is 64.1 Å². The Labute approximate surface area is 114 Å². The number of benzene rings is 1. The maximum absolute atomic E-state index is 11.7. The number of anilines is 1. The monoisotopic (exact) mass is 275 g/mol. The molecule has 1 aromatic carbocycles. The molecule has 3 rings (SSSR count). The van der Waals surface area contributed by atoms with Crippen LogP contribution in [0.4, 0.5) is 5.95 Å². The average molecular weight is 276 g/mol. The van der Waals surface area contributed by atoms with Gasteiger partial charge in [0.1, 0.15) is 5.15 Å². The number of rotatable bonds is 2. The summed E-state index contributed by atoms with van der Waals surface area (Å²) in [6.45, 7) is 1.81. The van der Waals surface area contributed by atoms with Crippen molar-refractivity contribution in [2.24, 2.45) is 0 Å². The maximum atomic E-state index is 11.7. The second kappa shape index (κ2) is 4.51. The van der Waals surface area contributed by atoms with Crippen LogP contribution in [0.1, 0.15) is 27.8 Å². The number of hydrogen-bond donors (Lipinski definition) is 1. The molecule has 0 spiro atoms. The molecule has 6 heteroatoms. The molecule has 1 unspecified atom stereocenters. The number of ether oxygens (including phenoxy) is 1. The lowest BCUT2D eigenvalue weighted by Gasteiger charge is -2.13. The van der Waals surface area contributed by atoms with Crippen molar-refractivity contribution in [3.05, 3.63) is 52.3 Å². The third kappa shape index (κ3) is 2.24. The van der Waals surface area contributed by atoms with Crippen LogP contribution in [0.2, 0.25) is 5.15 Å². The van der Waals surface area contributed by atoms with Gasteiger partial charge in [-0.1, -0.05) is 29.8 Å². The normalized spacial score (nSPS) is 16.9. The Morgan fingerprint density at radius 3 is 2.89 bits per heavy atom. The predicted molar refractivity (Wildman–Crippen MR) is 70.0 cm³/mol. The van der Waals surface area contributed by atoms with Crippen LogP contribution in [0.3, 0.4) is 0 Å². The van der Waals surface area contributed by atoms with E-state index in [1.165, 1.54) is 0 Å². The Bertz CT molecular complexity index is 640. The highest BCUT2D eigenvalue weighted by Gasteiger charge is 2.30. The van der Waals surface area contributed by atoms with E-state index >= 15 is 0 Å². The standard InChI is InChI=1S/C13H10ClN3O2/c1-7-6-10(14)16-13(15-7)17-11-8-4-2-3-5-9(8)12(18)19-11/h2-6,11H,1H3,(H,15,16,17). The average Bonchev–Trinajstić information content (AvgIpc) is 2.66. The maximum Gasteiger partial charge on any atom is 0.340 e. The minimum atomic E-state index is -0.582. The molecule has 2 aromatic rings. The Morgan fingerprint density at radius 1 is 1.32 bits per heavy atom. The molecule has 0 aliphatic carbocycles. The number of carbonyl (C=O) groups excluding carboxylic acids is 1. The van der Waals surface area contributed by atoms with Crippen LogP contribution < -0.4 is 5.32 Å². The van der Waals surface area contributed by atoms with E-state index in [1.54, 1.807) is 18.2 Å². The number of nitrogens with zero attached hydrogens (tertiary/aromatic N) is 2. The van der Waals surface area contributed by atoms with E-state index < -0.39 is 6.23 Å². The summed E-state index contributed by atoms with van der Waals surface area (Å²) in [5.41, 5.74) is 2.06. The number of esters is 1. The van der Waals surface area contributed by atoms with E-state index in [0.717, 1.165) is 11.3 Å². The fraction of sp³-hybridized carbons (Fsp3) is 0.154. The molecule has 2 heterocycles. The molecule has 0 saturated carbocycles. The number of halogens is 1. The number of cyclic esters (lactones) is 1. The highest BCUT2D eigenvalue weighted by atomic mass is 35.5. The quantitative estimate of drug-likeness (QED) is 0.674.